The molecule has 0 saturated heterocycles. The van der Waals surface area contributed by atoms with E-state index in [2.05, 4.69) is 22.4 Å². The first-order valence-electron chi connectivity index (χ1n) is 9.11. The van der Waals surface area contributed by atoms with E-state index in [9.17, 15) is 4.79 Å². The van der Waals surface area contributed by atoms with Crippen LogP contribution in [0.25, 0.3) is 0 Å². The molecule has 0 radical (unpaired) electrons. The smallest absolute Gasteiger partial charge is 0.317 e. The molecule has 1 N–H and O–H groups in total. The van der Waals surface area contributed by atoms with Gasteiger partial charge in [0.15, 0.2) is 0 Å². The first kappa shape index (κ1) is 17.2. The molecular formula is C17H29N5O2. The molecule has 134 valence electrons. The van der Waals surface area contributed by atoms with E-state index < -0.39 is 0 Å². The molecule has 2 fully saturated rings. The Kier molecular flexibility index (Phi) is 5.38. The van der Waals surface area contributed by atoms with Crippen LogP contribution in [0.4, 0.5) is 4.79 Å². The lowest BCUT2D eigenvalue weighted by Gasteiger charge is -2.57. The quantitative estimate of drug-likeness (QED) is 0.863. The van der Waals surface area contributed by atoms with Gasteiger partial charge in [0.2, 0.25) is 0 Å². The highest BCUT2D eigenvalue weighted by molar-refractivity contribution is 5.74. The van der Waals surface area contributed by atoms with Gasteiger partial charge >= 0.3 is 6.03 Å². The number of urea groups is 1. The number of nitrogens with one attached hydrogen (secondary N) is 1. The van der Waals surface area contributed by atoms with Crippen molar-refractivity contribution in [3.63, 3.8) is 0 Å². The van der Waals surface area contributed by atoms with Crippen LogP contribution in [0.15, 0.2) is 12.7 Å². The van der Waals surface area contributed by atoms with Crippen molar-refractivity contribution in [2.24, 2.45) is 5.41 Å². The van der Waals surface area contributed by atoms with Gasteiger partial charge in [0.05, 0.1) is 6.10 Å². The lowest BCUT2D eigenvalue weighted by molar-refractivity contribution is -0.147. The number of amides is 2. The number of carbonyl (C=O) groups is 1. The largest absolute Gasteiger partial charge is 0.378 e. The molecule has 3 rings (SSSR count). The van der Waals surface area contributed by atoms with E-state index in [0.717, 1.165) is 13.0 Å². The Hall–Kier alpha value is -1.63. The van der Waals surface area contributed by atoms with Crippen LogP contribution >= 0.6 is 0 Å². The van der Waals surface area contributed by atoms with Crippen LogP contribution < -0.4 is 5.32 Å². The number of rotatable bonds is 6. The lowest BCUT2D eigenvalue weighted by Crippen LogP contribution is -2.66. The minimum Gasteiger partial charge on any atom is -0.378 e. The average Bonchev–Trinajstić information content (AvgIpc) is 3.13. The fraction of sp³-hybridized carbons (Fsp3) is 0.824. The molecule has 0 unspecified atom stereocenters. The topological polar surface area (TPSA) is 72.3 Å². The molecule has 1 heterocycles. The SMILES string of the molecule is CCO[C@H]1C[C@H](NC(=O)N(C)CCn2cnnc2)C12CCCCC2. The highest BCUT2D eigenvalue weighted by Gasteiger charge is 2.56. The predicted octanol–water partition coefficient (Wildman–Crippen LogP) is 2.05. The Morgan fingerprint density at radius 2 is 2.04 bits per heavy atom. The summed E-state index contributed by atoms with van der Waals surface area (Å²) in [5, 5.41) is 10.8. The summed E-state index contributed by atoms with van der Waals surface area (Å²) in [6, 6.07) is 0.257. The third kappa shape index (κ3) is 3.41. The van der Waals surface area contributed by atoms with Crippen LogP contribution in [0.1, 0.15) is 45.4 Å². The summed E-state index contributed by atoms with van der Waals surface area (Å²) < 4.78 is 7.83. The van der Waals surface area contributed by atoms with E-state index in [1.54, 1.807) is 17.6 Å². The molecule has 2 amide bonds. The molecule has 2 aliphatic carbocycles. The molecule has 0 bridgehead atoms. The van der Waals surface area contributed by atoms with E-state index in [0.29, 0.717) is 19.2 Å². The van der Waals surface area contributed by atoms with Gasteiger partial charge in [-0.3, -0.25) is 0 Å². The van der Waals surface area contributed by atoms with Crippen LogP contribution in [-0.2, 0) is 11.3 Å². The second-order valence-corrected chi connectivity index (χ2v) is 7.10. The zero-order valence-electron chi connectivity index (χ0n) is 14.8. The zero-order valence-corrected chi connectivity index (χ0v) is 14.8. The monoisotopic (exact) mass is 335 g/mol. The Labute approximate surface area is 143 Å². The van der Waals surface area contributed by atoms with Gasteiger partial charge in [0.25, 0.3) is 0 Å². The molecule has 1 aromatic rings. The summed E-state index contributed by atoms with van der Waals surface area (Å²) in [6.45, 7) is 4.15. The summed E-state index contributed by atoms with van der Waals surface area (Å²) >= 11 is 0. The van der Waals surface area contributed by atoms with Crippen LogP contribution in [-0.4, -0.2) is 58.0 Å². The van der Waals surface area contributed by atoms with Crippen molar-refractivity contribution in [2.75, 3.05) is 20.2 Å². The number of likely N-dealkylation sites (N-methyl/N-ethyl adjacent to an activating group) is 1. The normalized spacial score (nSPS) is 25.2. The van der Waals surface area contributed by atoms with Crippen molar-refractivity contribution in [2.45, 2.75) is 64.1 Å². The van der Waals surface area contributed by atoms with Crippen molar-refractivity contribution in [3.05, 3.63) is 12.7 Å². The van der Waals surface area contributed by atoms with Gasteiger partial charge in [-0.25, -0.2) is 4.79 Å². The van der Waals surface area contributed by atoms with E-state index in [4.69, 9.17) is 4.74 Å². The van der Waals surface area contributed by atoms with Gasteiger partial charge in [0, 0.05) is 38.2 Å². The highest BCUT2D eigenvalue weighted by Crippen LogP contribution is 2.53. The van der Waals surface area contributed by atoms with Gasteiger partial charge in [-0.2, -0.15) is 0 Å². The molecule has 0 aliphatic heterocycles. The number of hydrogen-bond donors (Lipinski definition) is 1. The first-order chi connectivity index (χ1) is 11.7. The van der Waals surface area contributed by atoms with Crippen LogP contribution in [0.3, 0.4) is 0 Å². The Morgan fingerprint density at radius 1 is 1.33 bits per heavy atom. The number of hydrogen-bond acceptors (Lipinski definition) is 4. The fourth-order valence-corrected chi connectivity index (χ4v) is 4.23. The molecule has 1 spiro atoms. The maximum Gasteiger partial charge on any atom is 0.317 e. The molecule has 24 heavy (non-hydrogen) atoms. The Balaban J connectivity index is 1.53. The minimum atomic E-state index is 0.00738. The second kappa shape index (κ2) is 7.51. The maximum absolute atomic E-state index is 12.5. The number of aromatic nitrogens is 3. The molecule has 2 aliphatic rings. The van der Waals surface area contributed by atoms with E-state index in [1.165, 1.54) is 32.1 Å². The molecule has 2 atom stereocenters. The van der Waals surface area contributed by atoms with Gasteiger partial charge in [-0.15, -0.1) is 10.2 Å². The molecule has 2 saturated carbocycles. The standard InChI is InChI=1S/C17H29N5O2/c1-3-24-15-11-14(17(15)7-5-4-6-8-17)20-16(23)21(2)9-10-22-12-18-19-13-22/h12-15H,3-11H2,1-2H3,(H,20,23)/t14-,15-/m0/s1. The summed E-state index contributed by atoms with van der Waals surface area (Å²) in [6.07, 6.45) is 10.7. The highest BCUT2D eigenvalue weighted by atomic mass is 16.5. The molecular weight excluding hydrogens is 306 g/mol. The summed E-state index contributed by atoms with van der Waals surface area (Å²) in [7, 11) is 1.84. The summed E-state index contributed by atoms with van der Waals surface area (Å²) in [5.41, 5.74) is 0.166. The molecule has 1 aromatic heterocycles. The van der Waals surface area contributed by atoms with Crippen molar-refractivity contribution >= 4 is 6.03 Å². The van der Waals surface area contributed by atoms with E-state index in [-0.39, 0.29) is 17.5 Å². The predicted molar refractivity (Wildman–Crippen MR) is 90.5 cm³/mol. The Morgan fingerprint density at radius 3 is 2.71 bits per heavy atom. The Bertz CT molecular complexity index is 527. The van der Waals surface area contributed by atoms with Crippen molar-refractivity contribution in [3.8, 4) is 0 Å². The van der Waals surface area contributed by atoms with Crippen LogP contribution in [0.2, 0.25) is 0 Å². The van der Waals surface area contributed by atoms with Crippen LogP contribution in [0, 0.1) is 5.41 Å². The lowest BCUT2D eigenvalue weighted by atomic mass is 9.55. The summed E-state index contributed by atoms with van der Waals surface area (Å²) in [5.74, 6) is 0. The van der Waals surface area contributed by atoms with Crippen molar-refractivity contribution in [1.82, 2.24) is 25.0 Å². The number of nitrogens with zero attached hydrogens (tertiary/aromatic N) is 4. The maximum atomic E-state index is 12.5. The average molecular weight is 335 g/mol. The third-order valence-electron chi connectivity index (χ3n) is 5.74. The molecule has 7 nitrogen and oxygen atoms in total. The van der Waals surface area contributed by atoms with Gasteiger partial charge in [-0.1, -0.05) is 19.3 Å². The van der Waals surface area contributed by atoms with E-state index >= 15 is 0 Å². The number of carbonyl (C=O) groups excluding carboxylic acids is 1. The fourth-order valence-electron chi connectivity index (χ4n) is 4.23. The molecule has 7 heteroatoms. The molecule has 0 aromatic carbocycles. The first-order valence-corrected chi connectivity index (χ1v) is 9.11. The zero-order chi connectivity index (χ0) is 17.0. The summed E-state index contributed by atoms with van der Waals surface area (Å²) in [4.78, 5) is 14.3. The van der Waals surface area contributed by atoms with Crippen molar-refractivity contribution in [1.29, 1.82) is 0 Å². The number of ether oxygens (including phenoxy) is 1. The van der Waals surface area contributed by atoms with Crippen molar-refractivity contribution < 1.29 is 9.53 Å². The minimum absolute atomic E-state index is 0.00738. The third-order valence-corrected chi connectivity index (χ3v) is 5.74. The second-order valence-electron chi connectivity index (χ2n) is 7.10. The van der Waals surface area contributed by atoms with Gasteiger partial charge in [-0.05, 0) is 26.2 Å². The van der Waals surface area contributed by atoms with Crippen LogP contribution in [0.5, 0.6) is 0 Å². The van der Waals surface area contributed by atoms with Gasteiger partial charge < -0.3 is 19.5 Å². The van der Waals surface area contributed by atoms with Gasteiger partial charge in [0.1, 0.15) is 12.7 Å². The van der Waals surface area contributed by atoms with E-state index in [1.807, 2.05) is 11.6 Å².